The molecule has 0 aliphatic rings. The van der Waals surface area contributed by atoms with Crippen molar-refractivity contribution in [1.29, 1.82) is 0 Å². The van der Waals surface area contributed by atoms with Gasteiger partial charge in [0.05, 0.1) is 0 Å². The number of nitrogens with one attached hydrogen (secondary N) is 1. The standard InChI is InChI=1S/C18H19NO2/c1-13-3-11-17(12-4-13)19-18(21)16-9-7-15(8-10-16)6-5-14(2)20/h3-4,7-12H,5-6H2,1-2H3,(H,19,21). The van der Waals surface area contributed by atoms with E-state index in [9.17, 15) is 9.59 Å². The summed E-state index contributed by atoms with van der Waals surface area (Å²) in [5.74, 6) is 0.0492. The molecule has 0 saturated carbocycles. The summed E-state index contributed by atoms with van der Waals surface area (Å²) in [7, 11) is 0. The van der Waals surface area contributed by atoms with Crippen molar-refractivity contribution in [2.75, 3.05) is 5.32 Å². The summed E-state index contributed by atoms with van der Waals surface area (Å²) in [6.07, 6.45) is 1.25. The molecular formula is C18H19NO2. The second-order valence-electron chi connectivity index (χ2n) is 5.22. The molecule has 0 bridgehead atoms. The largest absolute Gasteiger partial charge is 0.322 e. The SMILES string of the molecule is CC(=O)CCc1ccc(C(=O)Nc2ccc(C)cc2)cc1. The van der Waals surface area contributed by atoms with Crippen LogP contribution in [-0.4, -0.2) is 11.7 Å². The summed E-state index contributed by atoms with van der Waals surface area (Å²) >= 11 is 0. The van der Waals surface area contributed by atoms with E-state index in [1.54, 1.807) is 19.1 Å². The van der Waals surface area contributed by atoms with Crippen LogP contribution in [0.25, 0.3) is 0 Å². The van der Waals surface area contributed by atoms with E-state index < -0.39 is 0 Å². The monoisotopic (exact) mass is 281 g/mol. The van der Waals surface area contributed by atoms with Gasteiger partial charge in [-0.3, -0.25) is 4.79 Å². The normalized spacial score (nSPS) is 10.2. The van der Waals surface area contributed by atoms with E-state index in [1.165, 1.54) is 0 Å². The van der Waals surface area contributed by atoms with E-state index in [-0.39, 0.29) is 11.7 Å². The Balaban J connectivity index is 1.99. The zero-order valence-electron chi connectivity index (χ0n) is 12.3. The van der Waals surface area contributed by atoms with E-state index in [0.29, 0.717) is 12.0 Å². The second-order valence-corrected chi connectivity index (χ2v) is 5.22. The lowest BCUT2D eigenvalue weighted by Gasteiger charge is -2.06. The highest BCUT2D eigenvalue weighted by molar-refractivity contribution is 6.04. The van der Waals surface area contributed by atoms with Crippen molar-refractivity contribution in [3.63, 3.8) is 0 Å². The first-order valence-electron chi connectivity index (χ1n) is 7.01. The molecule has 1 amide bonds. The van der Waals surface area contributed by atoms with Crippen LogP contribution < -0.4 is 5.32 Å². The van der Waals surface area contributed by atoms with Gasteiger partial charge in [-0.1, -0.05) is 29.8 Å². The van der Waals surface area contributed by atoms with Crippen LogP contribution in [0.5, 0.6) is 0 Å². The first kappa shape index (κ1) is 15.0. The topological polar surface area (TPSA) is 46.2 Å². The van der Waals surface area contributed by atoms with Crippen LogP contribution >= 0.6 is 0 Å². The van der Waals surface area contributed by atoms with Crippen LogP contribution in [0.15, 0.2) is 48.5 Å². The molecule has 2 aromatic carbocycles. The number of carbonyl (C=O) groups is 2. The van der Waals surface area contributed by atoms with E-state index >= 15 is 0 Å². The molecular weight excluding hydrogens is 262 g/mol. The lowest BCUT2D eigenvalue weighted by molar-refractivity contribution is -0.116. The fourth-order valence-corrected chi connectivity index (χ4v) is 1.98. The average Bonchev–Trinajstić information content (AvgIpc) is 2.48. The van der Waals surface area contributed by atoms with Crippen molar-refractivity contribution in [3.05, 3.63) is 65.2 Å². The lowest BCUT2D eigenvalue weighted by Crippen LogP contribution is -2.11. The van der Waals surface area contributed by atoms with Crippen molar-refractivity contribution >= 4 is 17.4 Å². The number of amides is 1. The van der Waals surface area contributed by atoms with Crippen molar-refractivity contribution in [2.45, 2.75) is 26.7 Å². The summed E-state index contributed by atoms with van der Waals surface area (Å²) in [6, 6.07) is 15.1. The number of ketones is 1. The Morgan fingerprint density at radius 1 is 0.952 bits per heavy atom. The molecule has 2 aromatic rings. The van der Waals surface area contributed by atoms with Crippen LogP contribution in [-0.2, 0) is 11.2 Å². The predicted molar refractivity (Wildman–Crippen MR) is 84.6 cm³/mol. The van der Waals surface area contributed by atoms with E-state index in [0.717, 1.165) is 23.2 Å². The van der Waals surface area contributed by atoms with Gasteiger partial charge in [-0.15, -0.1) is 0 Å². The molecule has 0 atom stereocenters. The molecule has 0 aliphatic heterocycles. The Labute approximate surface area is 125 Å². The van der Waals surface area contributed by atoms with Crippen molar-refractivity contribution in [1.82, 2.24) is 0 Å². The maximum atomic E-state index is 12.1. The van der Waals surface area contributed by atoms with E-state index in [1.807, 2.05) is 43.3 Å². The Morgan fingerprint density at radius 2 is 1.57 bits per heavy atom. The highest BCUT2D eigenvalue weighted by Crippen LogP contribution is 2.12. The van der Waals surface area contributed by atoms with E-state index in [2.05, 4.69) is 5.32 Å². The smallest absolute Gasteiger partial charge is 0.255 e. The minimum Gasteiger partial charge on any atom is -0.322 e. The maximum absolute atomic E-state index is 12.1. The van der Waals surface area contributed by atoms with Crippen LogP contribution in [0.2, 0.25) is 0 Å². The molecule has 0 radical (unpaired) electrons. The number of anilines is 1. The third-order valence-electron chi connectivity index (χ3n) is 3.29. The van der Waals surface area contributed by atoms with Gasteiger partial charge in [0, 0.05) is 17.7 Å². The maximum Gasteiger partial charge on any atom is 0.255 e. The number of rotatable bonds is 5. The number of hydrogen-bond acceptors (Lipinski definition) is 2. The molecule has 0 saturated heterocycles. The zero-order valence-corrected chi connectivity index (χ0v) is 12.3. The molecule has 2 rings (SSSR count). The predicted octanol–water partition coefficient (Wildman–Crippen LogP) is 3.77. The summed E-state index contributed by atoms with van der Waals surface area (Å²) in [5.41, 5.74) is 3.62. The summed E-state index contributed by atoms with van der Waals surface area (Å²) in [5, 5.41) is 2.86. The fourth-order valence-electron chi connectivity index (χ4n) is 1.98. The van der Waals surface area contributed by atoms with Gasteiger partial charge in [0.15, 0.2) is 0 Å². The average molecular weight is 281 g/mol. The third-order valence-corrected chi connectivity index (χ3v) is 3.29. The molecule has 0 unspecified atom stereocenters. The van der Waals surface area contributed by atoms with Crippen molar-refractivity contribution in [3.8, 4) is 0 Å². The molecule has 108 valence electrons. The third kappa shape index (κ3) is 4.56. The minimum atomic E-state index is -0.128. The molecule has 21 heavy (non-hydrogen) atoms. The quantitative estimate of drug-likeness (QED) is 0.906. The summed E-state index contributed by atoms with van der Waals surface area (Å²) in [4.78, 5) is 23.1. The number of hydrogen-bond donors (Lipinski definition) is 1. The highest BCUT2D eigenvalue weighted by atomic mass is 16.1. The van der Waals surface area contributed by atoms with Gasteiger partial charge in [-0.2, -0.15) is 0 Å². The Morgan fingerprint density at radius 3 is 2.14 bits per heavy atom. The van der Waals surface area contributed by atoms with Gasteiger partial charge >= 0.3 is 0 Å². The first-order chi connectivity index (χ1) is 10.0. The summed E-state index contributed by atoms with van der Waals surface area (Å²) < 4.78 is 0. The highest BCUT2D eigenvalue weighted by Gasteiger charge is 2.06. The molecule has 0 aromatic heterocycles. The van der Waals surface area contributed by atoms with Crippen LogP contribution in [0, 0.1) is 6.92 Å². The summed E-state index contributed by atoms with van der Waals surface area (Å²) in [6.45, 7) is 3.59. The van der Waals surface area contributed by atoms with Crippen molar-refractivity contribution in [2.24, 2.45) is 0 Å². The van der Waals surface area contributed by atoms with Crippen molar-refractivity contribution < 1.29 is 9.59 Å². The van der Waals surface area contributed by atoms with Gasteiger partial charge in [0.2, 0.25) is 0 Å². The van der Waals surface area contributed by atoms with Gasteiger partial charge in [-0.05, 0) is 50.1 Å². The van der Waals surface area contributed by atoms with Gasteiger partial charge in [0.1, 0.15) is 5.78 Å². The van der Waals surface area contributed by atoms with Gasteiger partial charge in [0.25, 0.3) is 5.91 Å². The molecule has 0 spiro atoms. The van der Waals surface area contributed by atoms with Gasteiger partial charge in [-0.25, -0.2) is 0 Å². The number of Topliss-reactive ketones (excluding diaryl/α,β-unsaturated/α-hetero) is 1. The number of carbonyl (C=O) groups excluding carboxylic acids is 2. The Bertz CT molecular complexity index is 627. The Kier molecular flexibility index (Phi) is 4.88. The molecule has 0 fully saturated rings. The molecule has 0 aliphatic carbocycles. The lowest BCUT2D eigenvalue weighted by atomic mass is 10.1. The number of benzene rings is 2. The second kappa shape index (κ2) is 6.84. The molecule has 1 N–H and O–H groups in total. The van der Waals surface area contributed by atoms with Crippen LogP contribution in [0.4, 0.5) is 5.69 Å². The zero-order chi connectivity index (χ0) is 15.2. The minimum absolute atomic E-state index is 0.128. The van der Waals surface area contributed by atoms with E-state index in [4.69, 9.17) is 0 Å². The molecule has 3 heteroatoms. The fraction of sp³-hybridized carbons (Fsp3) is 0.222. The van der Waals surface area contributed by atoms with Gasteiger partial charge < -0.3 is 10.1 Å². The molecule has 0 heterocycles. The first-order valence-corrected chi connectivity index (χ1v) is 7.01. The van der Waals surface area contributed by atoms with Crippen LogP contribution in [0.1, 0.15) is 34.8 Å². The molecule has 3 nitrogen and oxygen atoms in total. The number of aryl methyl sites for hydroxylation is 2. The van der Waals surface area contributed by atoms with Crippen LogP contribution in [0.3, 0.4) is 0 Å². The Hall–Kier alpha value is -2.42.